The minimum absolute atomic E-state index is 0.0293. The standard InChI is InChI=1S/C62H72N6O9S/c1-8-66(47-22-26-75-27-23-47)53-30-46(29-51(40(53)6)59(71)63-33-52-38(4)28-39(5)65-60(52)72)42-16-19-49(20-17-42)76-24-11-25-77-56-31-44(58-41(7)64-36-78-58)15-14-43(56)18-21-55(70)54-32-48(69)35-67(54)62(74)57(37(2)3)68-34-45-12-9-10-13-50(45)61(68)73/h9-10,12-17,19-20,28-31,36-37,47-48,54,57,69H,8,11,18,21-27,32-35H2,1-7H3,(H,63,71)(H,65,72)/t48-,54+,57+/m1/s1. The fraction of sp³-hybridized carbons (Fsp3) is 0.419. The summed E-state index contributed by atoms with van der Waals surface area (Å²) in [6, 6.07) is 25.9. The highest BCUT2D eigenvalue weighted by Gasteiger charge is 2.45. The number of nitrogens with zero attached hydrogens (tertiary/aromatic N) is 4. The molecule has 4 aromatic carbocycles. The third-order valence-electron chi connectivity index (χ3n) is 15.5. The summed E-state index contributed by atoms with van der Waals surface area (Å²) >= 11 is 1.55. The molecule has 410 valence electrons. The lowest BCUT2D eigenvalue weighted by molar-refractivity contribution is -0.142. The van der Waals surface area contributed by atoms with Crippen LogP contribution in [-0.4, -0.2) is 112 Å². The predicted octanol–water partition coefficient (Wildman–Crippen LogP) is 9.33. The van der Waals surface area contributed by atoms with Gasteiger partial charge in [0.15, 0.2) is 5.78 Å². The lowest BCUT2D eigenvalue weighted by Gasteiger charge is -2.37. The number of aromatic amines is 1. The Hall–Kier alpha value is -7.14. The molecule has 15 nitrogen and oxygen atoms in total. The fourth-order valence-corrected chi connectivity index (χ4v) is 12.2. The molecule has 2 aromatic heterocycles. The zero-order chi connectivity index (χ0) is 55.2. The number of thiazole rings is 1. The SMILES string of the molecule is CCN(c1cc(-c2ccc(OCCCOc3cc(-c4scnc4C)ccc3CCC(=O)[C@@H]3C[C@@H](O)CN3C(=O)[C@H](C(C)C)N3Cc4ccccc4C3=O)cc2)cc(C(=O)NCc2c(C)cc(C)[nH]c2=O)c1C)C1CCOCC1. The van der Waals surface area contributed by atoms with Crippen LogP contribution in [0.1, 0.15) is 113 Å². The Labute approximate surface area is 460 Å². The second-order valence-corrected chi connectivity index (χ2v) is 22.1. The van der Waals surface area contributed by atoms with Crippen molar-refractivity contribution < 1.29 is 38.5 Å². The van der Waals surface area contributed by atoms with Crippen molar-refractivity contribution in [1.82, 2.24) is 25.1 Å². The van der Waals surface area contributed by atoms with Crippen LogP contribution < -0.4 is 25.2 Å². The third kappa shape index (κ3) is 12.3. The number of amides is 3. The van der Waals surface area contributed by atoms with Gasteiger partial charge < -0.3 is 44.3 Å². The molecule has 3 N–H and O–H groups in total. The maximum Gasteiger partial charge on any atom is 0.255 e. The summed E-state index contributed by atoms with van der Waals surface area (Å²) in [5.41, 5.74) is 12.1. The van der Waals surface area contributed by atoms with Crippen LogP contribution in [-0.2, 0) is 33.8 Å². The molecular weight excluding hydrogens is 1000 g/mol. The summed E-state index contributed by atoms with van der Waals surface area (Å²) in [6.45, 7) is 16.9. The number of aryl methyl sites for hydroxylation is 4. The molecule has 16 heteroatoms. The normalized spacial score (nSPS) is 16.9. The van der Waals surface area contributed by atoms with Crippen LogP contribution in [0.5, 0.6) is 11.5 Å². The molecule has 3 aliphatic heterocycles. The van der Waals surface area contributed by atoms with Crippen LogP contribution in [0.25, 0.3) is 21.6 Å². The third-order valence-corrected chi connectivity index (χ3v) is 16.5. The van der Waals surface area contributed by atoms with E-state index in [1.807, 2.05) is 120 Å². The number of rotatable bonds is 21. The van der Waals surface area contributed by atoms with Gasteiger partial charge in [-0.05, 0) is 141 Å². The molecule has 2 fully saturated rings. The highest BCUT2D eigenvalue weighted by atomic mass is 32.1. The van der Waals surface area contributed by atoms with Crippen LogP contribution >= 0.6 is 11.3 Å². The number of β-amino-alcohol motifs (C(OH)–C–C–N with tert-alkyl or cyclic N) is 1. The summed E-state index contributed by atoms with van der Waals surface area (Å²) in [5, 5.41) is 13.9. The van der Waals surface area contributed by atoms with E-state index in [1.54, 1.807) is 22.3 Å². The van der Waals surface area contributed by atoms with Gasteiger partial charge >= 0.3 is 0 Å². The Kier molecular flexibility index (Phi) is 17.6. The van der Waals surface area contributed by atoms with Gasteiger partial charge in [0, 0.05) is 92.8 Å². The number of benzene rings is 4. The van der Waals surface area contributed by atoms with E-state index in [-0.39, 0.29) is 67.0 Å². The summed E-state index contributed by atoms with van der Waals surface area (Å²) in [7, 11) is 0. The number of H-pyrrole nitrogens is 1. The second-order valence-electron chi connectivity index (χ2n) is 21.2. The van der Waals surface area contributed by atoms with Crippen molar-refractivity contribution in [3.8, 4) is 33.1 Å². The highest BCUT2D eigenvalue weighted by molar-refractivity contribution is 7.13. The number of fused-ring (bicyclic) bond motifs is 1. The number of aromatic nitrogens is 2. The number of likely N-dealkylation sites (tertiary alicyclic amines) is 1. The van der Waals surface area contributed by atoms with Crippen LogP contribution in [0.15, 0.2) is 95.2 Å². The van der Waals surface area contributed by atoms with Crippen molar-refractivity contribution in [2.24, 2.45) is 5.92 Å². The Balaban J connectivity index is 0.855. The quantitative estimate of drug-likeness (QED) is 0.0584. The monoisotopic (exact) mass is 1080 g/mol. The Morgan fingerprint density at radius 3 is 2.37 bits per heavy atom. The van der Waals surface area contributed by atoms with Gasteiger partial charge in [-0.3, -0.25) is 24.0 Å². The molecule has 2 saturated heterocycles. The highest BCUT2D eigenvalue weighted by Crippen LogP contribution is 2.37. The summed E-state index contributed by atoms with van der Waals surface area (Å²) in [6.07, 6.45) is 2.11. The van der Waals surface area contributed by atoms with E-state index in [2.05, 4.69) is 33.2 Å². The number of aliphatic hydroxyl groups is 1. The van der Waals surface area contributed by atoms with Crippen LogP contribution in [0.2, 0.25) is 0 Å². The van der Waals surface area contributed by atoms with Crippen molar-refractivity contribution in [2.75, 3.05) is 44.4 Å². The van der Waals surface area contributed by atoms with Crippen molar-refractivity contribution in [2.45, 2.75) is 124 Å². The van der Waals surface area contributed by atoms with Crippen molar-refractivity contribution in [3.05, 3.63) is 151 Å². The van der Waals surface area contributed by atoms with Gasteiger partial charge in [0.2, 0.25) is 5.91 Å². The lowest BCUT2D eigenvalue weighted by atomic mass is 9.95. The van der Waals surface area contributed by atoms with Crippen molar-refractivity contribution in [1.29, 1.82) is 0 Å². The number of ketones is 1. The topological polar surface area (TPSA) is 184 Å². The summed E-state index contributed by atoms with van der Waals surface area (Å²) in [4.78, 5) is 82.8. The molecule has 0 saturated carbocycles. The molecule has 3 aliphatic rings. The van der Waals surface area contributed by atoms with Gasteiger partial charge in [-0.1, -0.05) is 56.3 Å². The largest absolute Gasteiger partial charge is 0.493 e. The minimum Gasteiger partial charge on any atom is -0.493 e. The van der Waals surface area contributed by atoms with E-state index in [4.69, 9.17) is 14.2 Å². The number of pyridine rings is 1. The van der Waals surface area contributed by atoms with Gasteiger partial charge in [-0.2, -0.15) is 0 Å². The molecule has 0 bridgehead atoms. The smallest absolute Gasteiger partial charge is 0.255 e. The van der Waals surface area contributed by atoms with Gasteiger partial charge in [0.1, 0.15) is 17.5 Å². The van der Waals surface area contributed by atoms with E-state index in [1.165, 1.54) is 4.90 Å². The number of aliphatic hydroxyl groups excluding tert-OH is 1. The summed E-state index contributed by atoms with van der Waals surface area (Å²) in [5.74, 6) is 0.181. The average molecular weight is 1080 g/mol. The molecule has 3 atom stereocenters. The van der Waals surface area contributed by atoms with Crippen LogP contribution in [0, 0.1) is 33.6 Å². The van der Waals surface area contributed by atoms with Gasteiger partial charge in [0.05, 0.1) is 41.4 Å². The number of hydrogen-bond donors (Lipinski definition) is 3. The number of nitrogens with one attached hydrogen (secondary N) is 2. The maximum absolute atomic E-state index is 14.4. The summed E-state index contributed by atoms with van der Waals surface area (Å²) < 4.78 is 18.4. The van der Waals surface area contributed by atoms with Gasteiger partial charge in [0.25, 0.3) is 17.4 Å². The molecule has 9 rings (SSSR count). The van der Waals surface area contributed by atoms with Crippen LogP contribution in [0.4, 0.5) is 5.69 Å². The number of Topliss-reactive ketones (excluding diaryl/α,β-unsaturated/α-hetero) is 1. The number of carbonyl (C=O) groups excluding carboxylic acids is 4. The first-order chi connectivity index (χ1) is 37.6. The van der Waals surface area contributed by atoms with Crippen molar-refractivity contribution >= 4 is 40.5 Å². The second kappa shape index (κ2) is 24.7. The first-order valence-electron chi connectivity index (χ1n) is 27.4. The average Bonchev–Trinajstić information content (AvgIpc) is 4.26. The fourth-order valence-electron chi connectivity index (χ4n) is 11.4. The van der Waals surface area contributed by atoms with Crippen molar-refractivity contribution in [3.63, 3.8) is 0 Å². The first-order valence-corrected chi connectivity index (χ1v) is 28.2. The van der Waals surface area contributed by atoms with E-state index in [0.717, 1.165) is 80.3 Å². The number of anilines is 1. The Morgan fingerprint density at radius 1 is 0.923 bits per heavy atom. The molecular formula is C62H72N6O9S. The maximum atomic E-state index is 14.4. The van der Waals surface area contributed by atoms with E-state index in [0.29, 0.717) is 74.0 Å². The molecule has 0 radical (unpaired) electrons. The molecule has 5 heterocycles. The predicted molar refractivity (Wildman–Crippen MR) is 303 cm³/mol. The van der Waals surface area contributed by atoms with Gasteiger partial charge in [-0.25, -0.2) is 4.98 Å². The Bertz CT molecular complexity index is 3220. The molecule has 78 heavy (non-hydrogen) atoms. The zero-order valence-corrected chi connectivity index (χ0v) is 46.7. The molecule has 0 unspecified atom stereocenters. The zero-order valence-electron chi connectivity index (χ0n) is 45.9. The molecule has 0 aliphatic carbocycles. The first kappa shape index (κ1) is 55.6. The molecule has 0 spiro atoms. The molecule has 3 amide bonds. The van der Waals surface area contributed by atoms with E-state index in [9.17, 15) is 29.1 Å². The lowest BCUT2D eigenvalue weighted by Crippen LogP contribution is -2.54. The minimum atomic E-state index is -0.855. The van der Waals surface area contributed by atoms with Gasteiger partial charge in [-0.15, -0.1) is 11.3 Å². The van der Waals surface area contributed by atoms with E-state index < -0.39 is 18.2 Å². The van der Waals surface area contributed by atoms with Crippen LogP contribution in [0.3, 0.4) is 0 Å². The van der Waals surface area contributed by atoms with E-state index >= 15 is 0 Å². The number of ether oxygens (including phenoxy) is 3. The number of carbonyl (C=O) groups is 4. The molecule has 6 aromatic rings. The number of hydrogen-bond acceptors (Lipinski definition) is 12. The Morgan fingerprint density at radius 2 is 1.67 bits per heavy atom.